The van der Waals surface area contributed by atoms with Gasteiger partial charge in [0.2, 0.25) is 0 Å². The van der Waals surface area contributed by atoms with Gasteiger partial charge in [0.25, 0.3) is 0 Å². The molecule has 0 aliphatic carbocycles. The van der Waals surface area contributed by atoms with E-state index in [0.29, 0.717) is 0 Å². The molecule has 4 heteroatoms. The normalized spacial score (nSPS) is 12.7. The first-order chi connectivity index (χ1) is 10.1. The van der Waals surface area contributed by atoms with Crippen molar-refractivity contribution in [1.29, 1.82) is 0 Å². The van der Waals surface area contributed by atoms with Crippen molar-refractivity contribution in [2.75, 3.05) is 0 Å². The van der Waals surface area contributed by atoms with Crippen molar-refractivity contribution in [1.82, 2.24) is 10.3 Å². The van der Waals surface area contributed by atoms with E-state index in [4.69, 9.17) is 4.42 Å². The van der Waals surface area contributed by atoms with Gasteiger partial charge in [-0.3, -0.25) is 4.98 Å². The molecule has 2 aromatic heterocycles. The van der Waals surface area contributed by atoms with E-state index in [0.717, 1.165) is 33.4 Å². The van der Waals surface area contributed by atoms with E-state index in [2.05, 4.69) is 51.4 Å². The fraction of sp³-hybridized carbons (Fsp3) is 0.235. The molecule has 0 fully saturated rings. The summed E-state index contributed by atoms with van der Waals surface area (Å²) in [5.41, 5.74) is 3.12. The first-order valence-corrected chi connectivity index (χ1v) is 7.75. The van der Waals surface area contributed by atoms with Crippen LogP contribution in [-0.2, 0) is 6.54 Å². The van der Waals surface area contributed by atoms with Gasteiger partial charge in [-0.2, -0.15) is 0 Å². The molecular weight excluding hydrogens is 328 g/mol. The number of nitrogens with zero attached hydrogens (tertiary/aromatic N) is 1. The van der Waals surface area contributed by atoms with Crippen LogP contribution in [0.25, 0.3) is 11.0 Å². The second-order valence-electron chi connectivity index (χ2n) is 5.24. The smallest absolute Gasteiger partial charge is 0.134 e. The standard InChI is InChI=1S/C17H17BrN2O/c1-11-3-4-13(9-19-11)10-20-12(2)17-8-14-7-15(18)5-6-16(14)21-17/h3-9,12,20H,10H2,1-2H3. The molecule has 0 radical (unpaired) electrons. The maximum atomic E-state index is 5.89. The Balaban J connectivity index is 1.71. The topological polar surface area (TPSA) is 38.1 Å². The Morgan fingerprint density at radius 1 is 1.24 bits per heavy atom. The summed E-state index contributed by atoms with van der Waals surface area (Å²) in [5, 5.41) is 4.58. The summed E-state index contributed by atoms with van der Waals surface area (Å²) < 4.78 is 6.96. The molecule has 1 N–H and O–H groups in total. The molecule has 2 heterocycles. The van der Waals surface area contributed by atoms with Crippen molar-refractivity contribution in [3.05, 3.63) is 64.1 Å². The van der Waals surface area contributed by atoms with Crippen LogP contribution in [0.5, 0.6) is 0 Å². The summed E-state index contributed by atoms with van der Waals surface area (Å²) in [6.45, 7) is 4.87. The zero-order valence-corrected chi connectivity index (χ0v) is 13.6. The van der Waals surface area contributed by atoms with Crippen molar-refractivity contribution >= 4 is 26.9 Å². The number of pyridine rings is 1. The van der Waals surface area contributed by atoms with E-state index in [1.54, 1.807) is 0 Å². The maximum Gasteiger partial charge on any atom is 0.134 e. The third-order valence-electron chi connectivity index (χ3n) is 3.51. The molecule has 1 aromatic carbocycles. The number of aromatic nitrogens is 1. The highest BCUT2D eigenvalue weighted by atomic mass is 79.9. The fourth-order valence-electron chi connectivity index (χ4n) is 2.22. The minimum absolute atomic E-state index is 0.150. The molecule has 3 nitrogen and oxygen atoms in total. The van der Waals surface area contributed by atoms with Gasteiger partial charge in [0.05, 0.1) is 6.04 Å². The number of hydrogen-bond acceptors (Lipinski definition) is 3. The van der Waals surface area contributed by atoms with E-state index in [-0.39, 0.29) is 6.04 Å². The minimum atomic E-state index is 0.150. The molecule has 3 aromatic rings. The average molecular weight is 345 g/mol. The quantitative estimate of drug-likeness (QED) is 0.742. The number of nitrogens with one attached hydrogen (secondary N) is 1. The molecule has 1 unspecified atom stereocenters. The predicted molar refractivity (Wildman–Crippen MR) is 88.1 cm³/mol. The Kier molecular flexibility index (Phi) is 4.08. The van der Waals surface area contributed by atoms with Gasteiger partial charge in [-0.15, -0.1) is 0 Å². The summed E-state index contributed by atoms with van der Waals surface area (Å²) in [4.78, 5) is 4.31. The van der Waals surface area contributed by atoms with E-state index < -0.39 is 0 Å². The third kappa shape index (κ3) is 3.34. The van der Waals surface area contributed by atoms with Crippen LogP contribution in [0.15, 0.2) is 51.5 Å². The lowest BCUT2D eigenvalue weighted by Gasteiger charge is -2.11. The predicted octanol–water partition coefficient (Wildman–Crippen LogP) is 4.75. The molecule has 108 valence electrons. The zero-order chi connectivity index (χ0) is 14.8. The van der Waals surface area contributed by atoms with Crippen LogP contribution < -0.4 is 5.32 Å². The second kappa shape index (κ2) is 6.00. The zero-order valence-electron chi connectivity index (χ0n) is 12.1. The number of halogens is 1. The lowest BCUT2D eigenvalue weighted by atomic mass is 10.2. The molecule has 0 aliphatic rings. The molecule has 0 amide bonds. The van der Waals surface area contributed by atoms with Gasteiger partial charge in [-0.1, -0.05) is 22.0 Å². The monoisotopic (exact) mass is 344 g/mol. The maximum absolute atomic E-state index is 5.89. The van der Waals surface area contributed by atoms with Gasteiger partial charge in [0.15, 0.2) is 0 Å². The summed E-state index contributed by atoms with van der Waals surface area (Å²) in [7, 11) is 0. The average Bonchev–Trinajstić information content (AvgIpc) is 2.89. The molecule has 0 spiro atoms. The molecular formula is C17H17BrN2O. The summed E-state index contributed by atoms with van der Waals surface area (Å²) in [6, 6.07) is 12.4. The third-order valence-corrected chi connectivity index (χ3v) is 4.00. The van der Waals surface area contributed by atoms with Crippen LogP contribution in [0.1, 0.15) is 30.0 Å². The highest BCUT2D eigenvalue weighted by Crippen LogP contribution is 2.26. The van der Waals surface area contributed by atoms with Crippen molar-refractivity contribution in [3.8, 4) is 0 Å². The molecule has 21 heavy (non-hydrogen) atoms. The van der Waals surface area contributed by atoms with E-state index in [1.807, 2.05) is 31.3 Å². The SMILES string of the molecule is Cc1ccc(CNC(C)c2cc3cc(Br)ccc3o2)cn1. The second-order valence-corrected chi connectivity index (χ2v) is 6.16. The van der Waals surface area contributed by atoms with Crippen LogP contribution in [0.2, 0.25) is 0 Å². The molecule has 0 saturated heterocycles. The fourth-order valence-corrected chi connectivity index (χ4v) is 2.60. The summed E-state index contributed by atoms with van der Waals surface area (Å²) in [5.74, 6) is 0.947. The lowest BCUT2D eigenvalue weighted by molar-refractivity contribution is 0.450. The van der Waals surface area contributed by atoms with Gasteiger partial charge in [-0.05, 0) is 49.7 Å². The molecule has 0 saturated carbocycles. The number of aryl methyl sites for hydroxylation is 1. The van der Waals surface area contributed by atoms with Gasteiger partial charge in [0, 0.05) is 28.3 Å². The largest absolute Gasteiger partial charge is 0.459 e. The first-order valence-electron chi connectivity index (χ1n) is 6.96. The van der Waals surface area contributed by atoms with Gasteiger partial charge >= 0.3 is 0 Å². The molecule has 0 bridgehead atoms. The van der Waals surface area contributed by atoms with Gasteiger partial charge in [-0.25, -0.2) is 0 Å². The molecule has 1 atom stereocenters. The van der Waals surface area contributed by atoms with Crippen molar-refractivity contribution < 1.29 is 4.42 Å². The van der Waals surface area contributed by atoms with Crippen LogP contribution in [-0.4, -0.2) is 4.98 Å². The van der Waals surface area contributed by atoms with E-state index in [1.165, 1.54) is 5.56 Å². The van der Waals surface area contributed by atoms with Crippen molar-refractivity contribution in [3.63, 3.8) is 0 Å². The Hall–Kier alpha value is -1.65. The van der Waals surface area contributed by atoms with E-state index in [9.17, 15) is 0 Å². The molecule has 3 rings (SSSR count). The first kappa shape index (κ1) is 14.3. The van der Waals surface area contributed by atoms with Crippen LogP contribution in [0.3, 0.4) is 0 Å². The highest BCUT2D eigenvalue weighted by molar-refractivity contribution is 9.10. The Bertz CT molecular complexity index is 749. The minimum Gasteiger partial charge on any atom is -0.459 e. The Morgan fingerprint density at radius 3 is 2.86 bits per heavy atom. The Labute approximate surface area is 132 Å². The number of fused-ring (bicyclic) bond motifs is 1. The number of hydrogen-bond donors (Lipinski definition) is 1. The van der Waals surface area contributed by atoms with Crippen molar-refractivity contribution in [2.24, 2.45) is 0 Å². The van der Waals surface area contributed by atoms with Gasteiger partial charge < -0.3 is 9.73 Å². The van der Waals surface area contributed by atoms with Crippen LogP contribution in [0, 0.1) is 6.92 Å². The van der Waals surface area contributed by atoms with Crippen LogP contribution >= 0.6 is 15.9 Å². The van der Waals surface area contributed by atoms with E-state index >= 15 is 0 Å². The van der Waals surface area contributed by atoms with Gasteiger partial charge in [0.1, 0.15) is 11.3 Å². The number of benzene rings is 1. The summed E-state index contributed by atoms with van der Waals surface area (Å²) in [6.07, 6.45) is 1.91. The summed E-state index contributed by atoms with van der Waals surface area (Å²) >= 11 is 3.48. The lowest BCUT2D eigenvalue weighted by Crippen LogP contribution is -2.17. The Morgan fingerprint density at radius 2 is 2.10 bits per heavy atom. The highest BCUT2D eigenvalue weighted by Gasteiger charge is 2.11. The number of furan rings is 1. The van der Waals surface area contributed by atoms with Crippen LogP contribution in [0.4, 0.5) is 0 Å². The van der Waals surface area contributed by atoms with Crippen molar-refractivity contribution in [2.45, 2.75) is 26.4 Å². The number of rotatable bonds is 4. The molecule has 0 aliphatic heterocycles.